The second kappa shape index (κ2) is 10.6. The maximum atomic E-state index is 15.4. The van der Waals surface area contributed by atoms with E-state index < -0.39 is 12.4 Å². The number of aromatic nitrogens is 3. The van der Waals surface area contributed by atoms with Crippen LogP contribution < -0.4 is 20.7 Å². The highest BCUT2D eigenvalue weighted by Gasteiger charge is 2.43. The van der Waals surface area contributed by atoms with Crippen LogP contribution in [0.25, 0.3) is 11.1 Å². The molecule has 2 aliphatic heterocycles. The number of aliphatic hydroxyl groups is 1. The lowest BCUT2D eigenvalue weighted by Gasteiger charge is -2.33. The number of rotatable bonds is 6. The maximum Gasteiger partial charge on any atom is 0.274 e. The number of carbonyl (C=O) groups is 1. The van der Waals surface area contributed by atoms with E-state index in [-0.39, 0.29) is 11.5 Å². The summed E-state index contributed by atoms with van der Waals surface area (Å²) < 4.78 is 19.0. The third-order valence-corrected chi connectivity index (χ3v) is 10.4. The molecule has 2 unspecified atom stereocenters. The molecule has 8 rings (SSSR count). The van der Waals surface area contributed by atoms with Crippen LogP contribution >= 0.6 is 0 Å². The summed E-state index contributed by atoms with van der Waals surface area (Å²) >= 11 is 0. The van der Waals surface area contributed by atoms with Crippen LogP contribution in [0, 0.1) is 5.82 Å². The van der Waals surface area contributed by atoms with Gasteiger partial charge in [0.05, 0.1) is 12.3 Å². The Bertz CT molecular complexity index is 1880. The molecule has 2 bridgehead atoms. The Labute approximate surface area is 260 Å². The summed E-state index contributed by atoms with van der Waals surface area (Å²) in [4.78, 5) is 36.7. The molecule has 1 aromatic carbocycles. The second-order valence-corrected chi connectivity index (χ2v) is 13.0. The number of hydrogen-bond donors (Lipinski definition) is 3. The van der Waals surface area contributed by atoms with Gasteiger partial charge >= 0.3 is 0 Å². The molecule has 1 saturated carbocycles. The van der Waals surface area contributed by atoms with Gasteiger partial charge in [0, 0.05) is 75.3 Å². The highest BCUT2D eigenvalue weighted by Crippen LogP contribution is 2.54. The average molecular weight is 612 g/mol. The van der Waals surface area contributed by atoms with Crippen molar-refractivity contribution >= 4 is 28.9 Å². The molecule has 2 atom stereocenters. The summed E-state index contributed by atoms with van der Waals surface area (Å²) in [6.07, 6.45) is 5.18. The number of nitrogens with zero attached hydrogens (tertiary/aromatic N) is 5. The lowest BCUT2D eigenvalue weighted by Crippen LogP contribution is -2.44. The molecular weight excluding hydrogens is 573 g/mol. The molecule has 10 nitrogen and oxygen atoms in total. The van der Waals surface area contributed by atoms with Crippen LogP contribution in [0.15, 0.2) is 47.4 Å². The van der Waals surface area contributed by atoms with Gasteiger partial charge in [0.1, 0.15) is 28.8 Å². The zero-order valence-electron chi connectivity index (χ0n) is 25.6. The molecule has 45 heavy (non-hydrogen) atoms. The minimum Gasteiger partial charge on any atom is -0.392 e. The van der Waals surface area contributed by atoms with Crippen molar-refractivity contribution in [3.8, 4) is 11.1 Å². The fourth-order valence-corrected chi connectivity index (χ4v) is 8.04. The van der Waals surface area contributed by atoms with Crippen molar-refractivity contribution in [2.24, 2.45) is 7.05 Å². The molecule has 234 valence electrons. The van der Waals surface area contributed by atoms with E-state index in [9.17, 15) is 14.7 Å². The molecule has 3 N–H and O–H groups in total. The topological polar surface area (TPSA) is 102 Å². The number of hydrogen-bond acceptors (Lipinski definition) is 6. The van der Waals surface area contributed by atoms with Crippen molar-refractivity contribution in [3.63, 3.8) is 0 Å². The Morgan fingerprint density at radius 3 is 2.58 bits per heavy atom. The molecule has 4 aromatic rings. The fourth-order valence-electron chi connectivity index (χ4n) is 8.04. The van der Waals surface area contributed by atoms with E-state index in [0.717, 1.165) is 32.0 Å². The summed E-state index contributed by atoms with van der Waals surface area (Å²) in [6, 6.07) is 10.3. The van der Waals surface area contributed by atoms with Crippen molar-refractivity contribution in [1.29, 1.82) is 0 Å². The maximum absolute atomic E-state index is 15.4. The van der Waals surface area contributed by atoms with E-state index in [2.05, 4.69) is 31.7 Å². The van der Waals surface area contributed by atoms with Crippen LogP contribution in [0.4, 0.5) is 27.4 Å². The van der Waals surface area contributed by atoms with Gasteiger partial charge in [-0.25, -0.2) is 4.39 Å². The second-order valence-electron chi connectivity index (χ2n) is 13.0. The van der Waals surface area contributed by atoms with Gasteiger partial charge in [-0.15, -0.1) is 0 Å². The lowest BCUT2D eigenvalue weighted by molar-refractivity contribution is 0.0964. The third-order valence-electron chi connectivity index (χ3n) is 10.4. The van der Waals surface area contributed by atoms with Crippen molar-refractivity contribution in [3.05, 3.63) is 81.3 Å². The Kier molecular flexibility index (Phi) is 6.65. The summed E-state index contributed by atoms with van der Waals surface area (Å²) in [6.45, 7) is 4.41. The van der Waals surface area contributed by atoms with Crippen molar-refractivity contribution in [2.45, 2.75) is 44.2 Å². The molecule has 2 aliphatic carbocycles. The first-order valence-electron chi connectivity index (χ1n) is 15.9. The van der Waals surface area contributed by atoms with Crippen LogP contribution in [0.2, 0.25) is 0 Å². The van der Waals surface area contributed by atoms with Gasteiger partial charge < -0.3 is 39.2 Å². The largest absolute Gasteiger partial charge is 0.392 e. The molecule has 0 radical (unpaired) electrons. The van der Waals surface area contributed by atoms with E-state index in [1.807, 2.05) is 18.2 Å². The molecule has 5 heterocycles. The summed E-state index contributed by atoms with van der Waals surface area (Å²) in [5.41, 5.74) is 5.13. The highest BCUT2D eigenvalue weighted by atomic mass is 19.1. The molecule has 11 heteroatoms. The van der Waals surface area contributed by atoms with Crippen LogP contribution in [0.1, 0.15) is 58.4 Å². The van der Waals surface area contributed by atoms with Crippen molar-refractivity contribution < 1.29 is 14.3 Å². The Morgan fingerprint density at radius 2 is 1.78 bits per heavy atom. The minimum absolute atomic E-state index is 0.174. The number of piperazine rings is 1. The zero-order valence-corrected chi connectivity index (χ0v) is 25.6. The van der Waals surface area contributed by atoms with E-state index in [1.165, 1.54) is 47.2 Å². The number of H-pyrrole nitrogens is 1. The van der Waals surface area contributed by atoms with E-state index >= 15 is 4.39 Å². The highest BCUT2D eigenvalue weighted by molar-refractivity contribution is 6.07. The normalized spacial score (nSPS) is 21.0. The first-order valence-corrected chi connectivity index (χ1v) is 15.9. The summed E-state index contributed by atoms with van der Waals surface area (Å²) in [7, 11) is 3.76. The predicted molar refractivity (Wildman–Crippen MR) is 172 cm³/mol. The number of benzene rings is 1. The number of pyridine rings is 1. The van der Waals surface area contributed by atoms with Gasteiger partial charge in [0.25, 0.3) is 11.5 Å². The van der Waals surface area contributed by atoms with Gasteiger partial charge in [0.2, 0.25) is 0 Å². The number of aromatic amines is 1. The number of anilines is 4. The molecule has 1 saturated heterocycles. The Morgan fingerprint density at radius 1 is 0.978 bits per heavy atom. The number of carbonyl (C=O) groups excluding carboxylic acids is 1. The number of nitrogens with one attached hydrogen (secondary N) is 2. The quantitative estimate of drug-likeness (QED) is 0.300. The molecular formula is C34H38FN7O3. The molecule has 4 aliphatic rings. The van der Waals surface area contributed by atoms with Crippen LogP contribution in [-0.4, -0.2) is 69.8 Å². The smallest absolute Gasteiger partial charge is 0.274 e. The number of fused-ring (bicyclic) bond motifs is 7. The van der Waals surface area contributed by atoms with Crippen LogP contribution in [0.5, 0.6) is 0 Å². The fraction of sp³-hybridized carbons (Fsp3) is 0.412. The first-order chi connectivity index (χ1) is 21.8. The van der Waals surface area contributed by atoms with E-state index in [4.69, 9.17) is 0 Å². The molecule has 3 aromatic heterocycles. The summed E-state index contributed by atoms with van der Waals surface area (Å²) in [5, 5.41) is 13.9. The first kappa shape index (κ1) is 28.1. The summed E-state index contributed by atoms with van der Waals surface area (Å²) in [5.74, 6) is 2.02. The zero-order chi connectivity index (χ0) is 31.0. The van der Waals surface area contributed by atoms with Gasteiger partial charge in [-0.2, -0.15) is 0 Å². The minimum atomic E-state index is -0.518. The number of halogens is 1. The standard InChI is InChI=1S/C34H38FN7O3/c1-38-7-9-40(10-8-38)31-6-5-30(37-31)36-27-14-22(18-39(2)33(27)44)24-15-23(35)16-28(26(24)19-43)42-12-11-41-29(34(42)45)17-25-20-3-4-21(13-20)32(25)41/h5-6,14-18,20-21,36-37,43H,3-4,7-13,19H2,1-2H3. The van der Waals surface area contributed by atoms with E-state index in [1.54, 1.807) is 24.2 Å². The van der Waals surface area contributed by atoms with Gasteiger partial charge in [-0.05, 0) is 79.8 Å². The number of amides is 1. The van der Waals surface area contributed by atoms with Gasteiger partial charge in [-0.3, -0.25) is 9.59 Å². The average Bonchev–Trinajstić information content (AvgIpc) is 3.83. The van der Waals surface area contributed by atoms with Crippen LogP contribution in [-0.2, 0) is 20.2 Å². The predicted octanol–water partition coefficient (Wildman–Crippen LogP) is 4.33. The molecule has 2 fully saturated rings. The number of likely N-dealkylation sites (N-methyl/N-ethyl adjacent to an activating group) is 1. The monoisotopic (exact) mass is 611 g/mol. The van der Waals surface area contributed by atoms with Gasteiger partial charge in [0.15, 0.2) is 0 Å². The molecule has 1 amide bonds. The SMILES string of the molecule is CN1CCN(c2ccc(Nc3cc(-c4cc(F)cc(N5CCn6c(cc7c6C6CCC7C6)C5=O)c4CO)cn(C)c3=O)[nH]2)CC1. The van der Waals surface area contributed by atoms with E-state index in [0.29, 0.717) is 64.5 Å². The lowest BCUT2D eigenvalue weighted by atomic mass is 9.97. The Hall–Kier alpha value is -4.35. The number of aliphatic hydroxyl groups excluding tert-OH is 1. The van der Waals surface area contributed by atoms with Crippen LogP contribution in [0.3, 0.4) is 0 Å². The Balaban J connectivity index is 1.12. The van der Waals surface area contributed by atoms with Crippen molar-refractivity contribution in [2.75, 3.05) is 54.9 Å². The third kappa shape index (κ3) is 4.59. The molecule has 0 spiro atoms. The van der Waals surface area contributed by atoms with Gasteiger partial charge in [-0.1, -0.05) is 0 Å². The van der Waals surface area contributed by atoms with Crippen molar-refractivity contribution in [1.82, 2.24) is 19.0 Å². The number of aryl methyl sites for hydroxylation is 1.